The first kappa shape index (κ1) is 14.9. The molecule has 0 aromatic heterocycles. The quantitative estimate of drug-likeness (QED) is 0.881. The molecular weight excluding hydrogens is 250 g/mol. The van der Waals surface area contributed by atoms with Crippen LogP contribution in [0.25, 0.3) is 0 Å². The molecule has 0 spiro atoms. The summed E-state index contributed by atoms with van der Waals surface area (Å²) in [6, 6.07) is 4.97. The Morgan fingerprint density at radius 1 is 1.30 bits per heavy atom. The molecule has 1 amide bonds. The lowest BCUT2D eigenvalue weighted by Crippen LogP contribution is -2.26. The number of amides is 1. The van der Waals surface area contributed by atoms with Gasteiger partial charge < -0.3 is 10.4 Å². The highest BCUT2D eigenvalue weighted by atomic mass is 16.3. The molecule has 0 atom stereocenters. The summed E-state index contributed by atoms with van der Waals surface area (Å²) in [7, 11) is 0. The van der Waals surface area contributed by atoms with Crippen molar-refractivity contribution in [2.24, 2.45) is 11.8 Å². The lowest BCUT2D eigenvalue weighted by Gasteiger charge is -2.26. The van der Waals surface area contributed by atoms with Crippen LogP contribution in [0.5, 0.6) is 5.75 Å². The van der Waals surface area contributed by atoms with Gasteiger partial charge in [0.2, 0.25) is 0 Å². The minimum absolute atomic E-state index is 0.0442. The Morgan fingerprint density at radius 3 is 2.65 bits per heavy atom. The molecular formula is C17H25NO2. The van der Waals surface area contributed by atoms with E-state index in [0.29, 0.717) is 5.56 Å². The van der Waals surface area contributed by atoms with Crippen LogP contribution in [0.2, 0.25) is 0 Å². The summed E-state index contributed by atoms with van der Waals surface area (Å²) in [5.41, 5.74) is 1.36. The molecule has 3 heteroatoms. The normalized spacial score (nSPS) is 22.5. The number of phenolic OH excluding ortho intramolecular Hbond substituents is 1. The summed E-state index contributed by atoms with van der Waals surface area (Å²) in [5, 5.41) is 12.4. The number of hydrogen-bond acceptors (Lipinski definition) is 2. The third-order valence-electron chi connectivity index (χ3n) is 4.43. The summed E-state index contributed by atoms with van der Waals surface area (Å²) < 4.78 is 0. The Balaban J connectivity index is 1.76. The van der Waals surface area contributed by atoms with Gasteiger partial charge in [0.15, 0.2) is 0 Å². The molecule has 0 heterocycles. The molecule has 0 aliphatic heterocycles. The first-order chi connectivity index (χ1) is 9.56. The van der Waals surface area contributed by atoms with Crippen molar-refractivity contribution in [1.82, 2.24) is 5.32 Å². The van der Waals surface area contributed by atoms with Gasteiger partial charge in [-0.05, 0) is 48.9 Å². The van der Waals surface area contributed by atoms with Gasteiger partial charge in [0.05, 0.1) is 0 Å². The maximum Gasteiger partial charge on any atom is 0.251 e. The fourth-order valence-corrected chi connectivity index (χ4v) is 2.91. The van der Waals surface area contributed by atoms with Crippen molar-refractivity contribution < 1.29 is 9.90 Å². The van der Waals surface area contributed by atoms with Crippen molar-refractivity contribution in [3.8, 4) is 5.75 Å². The predicted octanol–water partition coefficient (Wildman–Crippen LogP) is 3.65. The van der Waals surface area contributed by atoms with Gasteiger partial charge in [-0.3, -0.25) is 4.79 Å². The maximum absolute atomic E-state index is 12.0. The largest absolute Gasteiger partial charge is 0.508 e. The Kier molecular flexibility index (Phi) is 5.05. The van der Waals surface area contributed by atoms with Crippen LogP contribution >= 0.6 is 0 Å². The van der Waals surface area contributed by atoms with Crippen LogP contribution in [-0.4, -0.2) is 17.6 Å². The third kappa shape index (κ3) is 3.99. The van der Waals surface area contributed by atoms with Crippen LogP contribution in [0.15, 0.2) is 18.2 Å². The van der Waals surface area contributed by atoms with E-state index in [1.54, 1.807) is 25.1 Å². The number of carbonyl (C=O) groups excluding carboxylic acids is 1. The average Bonchev–Trinajstić information content (AvgIpc) is 2.44. The highest BCUT2D eigenvalue weighted by Crippen LogP contribution is 2.29. The van der Waals surface area contributed by atoms with Crippen LogP contribution < -0.4 is 5.32 Å². The van der Waals surface area contributed by atoms with Crippen LogP contribution in [0.4, 0.5) is 0 Å². The smallest absolute Gasteiger partial charge is 0.251 e. The lowest BCUT2D eigenvalue weighted by molar-refractivity contribution is 0.0949. The van der Waals surface area contributed by atoms with E-state index in [-0.39, 0.29) is 11.7 Å². The fraction of sp³-hybridized carbons (Fsp3) is 0.588. The number of phenols is 1. The van der Waals surface area contributed by atoms with Crippen molar-refractivity contribution in [2.75, 3.05) is 6.54 Å². The van der Waals surface area contributed by atoms with E-state index >= 15 is 0 Å². The summed E-state index contributed by atoms with van der Waals surface area (Å²) in [4.78, 5) is 12.0. The Morgan fingerprint density at radius 2 is 2.00 bits per heavy atom. The highest BCUT2D eigenvalue weighted by molar-refractivity contribution is 5.94. The van der Waals surface area contributed by atoms with E-state index in [9.17, 15) is 9.90 Å². The first-order valence-electron chi connectivity index (χ1n) is 7.64. The number of hydrogen-bond donors (Lipinski definition) is 2. The molecule has 1 aliphatic carbocycles. The molecule has 0 radical (unpaired) electrons. The number of rotatable bonds is 4. The number of aromatic hydroxyl groups is 1. The van der Waals surface area contributed by atoms with Gasteiger partial charge in [-0.25, -0.2) is 0 Å². The Bertz CT molecular complexity index is 462. The van der Waals surface area contributed by atoms with Crippen LogP contribution in [0, 0.1) is 18.8 Å². The van der Waals surface area contributed by atoms with Gasteiger partial charge in [-0.2, -0.15) is 0 Å². The summed E-state index contributed by atoms with van der Waals surface area (Å²) in [6.07, 6.45) is 6.34. The molecule has 0 bridgehead atoms. The van der Waals surface area contributed by atoms with Crippen molar-refractivity contribution in [2.45, 2.75) is 46.0 Å². The van der Waals surface area contributed by atoms with Gasteiger partial charge >= 0.3 is 0 Å². The van der Waals surface area contributed by atoms with Gasteiger partial charge in [-0.15, -0.1) is 0 Å². The molecule has 110 valence electrons. The van der Waals surface area contributed by atoms with E-state index < -0.39 is 0 Å². The lowest BCUT2D eigenvalue weighted by atomic mass is 9.81. The molecule has 20 heavy (non-hydrogen) atoms. The molecule has 0 saturated heterocycles. The molecule has 1 fully saturated rings. The topological polar surface area (TPSA) is 49.3 Å². The zero-order valence-electron chi connectivity index (χ0n) is 12.5. The zero-order chi connectivity index (χ0) is 14.5. The number of benzene rings is 1. The van der Waals surface area contributed by atoms with Crippen molar-refractivity contribution in [3.05, 3.63) is 29.3 Å². The molecule has 2 rings (SSSR count). The summed E-state index contributed by atoms with van der Waals surface area (Å²) in [6.45, 7) is 4.87. The van der Waals surface area contributed by atoms with Gasteiger partial charge in [-0.1, -0.05) is 32.6 Å². The predicted molar refractivity (Wildman–Crippen MR) is 80.9 cm³/mol. The second-order valence-electron chi connectivity index (χ2n) is 6.17. The zero-order valence-corrected chi connectivity index (χ0v) is 12.5. The number of aryl methyl sites for hydroxylation is 1. The number of carbonyl (C=O) groups is 1. The molecule has 3 nitrogen and oxygen atoms in total. The minimum Gasteiger partial charge on any atom is -0.508 e. The molecule has 1 aromatic carbocycles. The molecule has 2 N–H and O–H groups in total. The summed E-state index contributed by atoms with van der Waals surface area (Å²) >= 11 is 0. The van der Waals surface area contributed by atoms with E-state index in [2.05, 4.69) is 12.2 Å². The van der Waals surface area contributed by atoms with Crippen molar-refractivity contribution in [1.29, 1.82) is 0 Å². The van der Waals surface area contributed by atoms with E-state index in [1.807, 2.05) is 0 Å². The highest BCUT2D eigenvalue weighted by Gasteiger charge is 2.18. The SMILES string of the molecule is Cc1cc(C(=O)NCCC2CCC(C)CC2)ccc1O. The Labute approximate surface area is 121 Å². The third-order valence-corrected chi connectivity index (χ3v) is 4.43. The van der Waals surface area contributed by atoms with E-state index in [1.165, 1.54) is 25.7 Å². The van der Waals surface area contributed by atoms with Crippen LogP contribution in [-0.2, 0) is 0 Å². The minimum atomic E-state index is -0.0442. The molecule has 0 unspecified atom stereocenters. The monoisotopic (exact) mass is 275 g/mol. The fourth-order valence-electron chi connectivity index (χ4n) is 2.91. The standard InChI is InChI=1S/C17H25NO2/c1-12-3-5-14(6-4-12)9-10-18-17(20)15-7-8-16(19)13(2)11-15/h7-8,11-12,14,19H,3-6,9-10H2,1-2H3,(H,18,20). The second-order valence-corrected chi connectivity index (χ2v) is 6.17. The average molecular weight is 275 g/mol. The van der Waals surface area contributed by atoms with Crippen molar-refractivity contribution in [3.63, 3.8) is 0 Å². The summed E-state index contributed by atoms with van der Waals surface area (Å²) in [5.74, 6) is 1.84. The van der Waals surface area contributed by atoms with E-state index in [0.717, 1.165) is 30.4 Å². The molecule has 1 saturated carbocycles. The molecule has 1 aromatic rings. The van der Waals surface area contributed by atoms with Crippen LogP contribution in [0.3, 0.4) is 0 Å². The Hall–Kier alpha value is -1.51. The first-order valence-corrected chi connectivity index (χ1v) is 7.64. The second kappa shape index (κ2) is 6.78. The van der Waals surface area contributed by atoms with Crippen molar-refractivity contribution >= 4 is 5.91 Å². The number of nitrogens with one attached hydrogen (secondary N) is 1. The maximum atomic E-state index is 12.0. The van der Waals surface area contributed by atoms with Gasteiger partial charge in [0, 0.05) is 12.1 Å². The van der Waals surface area contributed by atoms with E-state index in [4.69, 9.17) is 0 Å². The van der Waals surface area contributed by atoms with Gasteiger partial charge in [0.1, 0.15) is 5.75 Å². The van der Waals surface area contributed by atoms with Gasteiger partial charge in [0.25, 0.3) is 5.91 Å². The molecule has 1 aliphatic rings. The van der Waals surface area contributed by atoms with Crippen LogP contribution in [0.1, 0.15) is 54.9 Å².